The van der Waals surface area contributed by atoms with E-state index in [2.05, 4.69) is 15.1 Å². The Labute approximate surface area is 166 Å². The van der Waals surface area contributed by atoms with Crippen molar-refractivity contribution in [3.05, 3.63) is 76.8 Å². The molecule has 0 saturated carbocycles. The van der Waals surface area contributed by atoms with E-state index in [4.69, 9.17) is 9.26 Å². The van der Waals surface area contributed by atoms with Gasteiger partial charge in [-0.2, -0.15) is 4.98 Å². The van der Waals surface area contributed by atoms with Crippen molar-refractivity contribution in [3.8, 4) is 40.0 Å². The first-order valence-corrected chi connectivity index (χ1v) is 8.94. The van der Waals surface area contributed by atoms with Crippen molar-refractivity contribution in [1.82, 2.24) is 15.1 Å². The molecule has 2 heterocycles. The van der Waals surface area contributed by atoms with E-state index in [0.29, 0.717) is 29.4 Å². The summed E-state index contributed by atoms with van der Waals surface area (Å²) >= 11 is 0. The minimum Gasteiger partial charge on any atom is -0.477 e. The number of aromatic nitrogens is 3. The van der Waals surface area contributed by atoms with Crippen molar-refractivity contribution in [2.24, 2.45) is 0 Å². The molecule has 2 aromatic carbocycles. The molecule has 0 bridgehead atoms. The molecule has 0 amide bonds. The van der Waals surface area contributed by atoms with Gasteiger partial charge in [-0.25, -0.2) is 4.98 Å². The summed E-state index contributed by atoms with van der Waals surface area (Å²) in [7, 11) is 0. The zero-order valence-electron chi connectivity index (χ0n) is 15.5. The van der Waals surface area contributed by atoms with Crippen molar-refractivity contribution in [2.75, 3.05) is 6.61 Å². The van der Waals surface area contributed by atoms with Gasteiger partial charge in [0, 0.05) is 23.3 Å². The third-order valence-corrected chi connectivity index (χ3v) is 4.18. The molecule has 0 radical (unpaired) electrons. The molecule has 8 heteroatoms. The fourth-order valence-electron chi connectivity index (χ4n) is 2.83. The molecular formula is C21H16N4O4. The smallest absolute Gasteiger partial charge is 0.270 e. The summed E-state index contributed by atoms with van der Waals surface area (Å²) in [6.07, 6.45) is 0. The highest BCUT2D eigenvalue weighted by Crippen LogP contribution is 2.31. The average molecular weight is 388 g/mol. The highest BCUT2D eigenvalue weighted by atomic mass is 16.6. The largest absolute Gasteiger partial charge is 0.477 e. The topological polar surface area (TPSA) is 104 Å². The van der Waals surface area contributed by atoms with Gasteiger partial charge in [0.1, 0.15) is 0 Å². The number of pyridine rings is 1. The number of nitrogens with zero attached hydrogens (tertiary/aromatic N) is 4. The first kappa shape index (κ1) is 18.3. The lowest BCUT2D eigenvalue weighted by Crippen LogP contribution is -1.99. The summed E-state index contributed by atoms with van der Waals surface area (Å²) < 4.78 is 11.0. The number of non-ortho nitro benzene ring substituents is 1. The van der Waals surface area contributed by atoms with Crippen LogP contribution in [0.5, 0.6) is 5.88 Å². The molecular weight excluding hydrogens is 372 g/mol. The summed E-state index contributed by atoms with van der Waals surface area (Å²) in [6, 6.07) is 19.5. The van der Waals surface area contributed by atoms with Crippen molar-refractivity contribution in [2.45, 2.75) is 6.92 Å². The van der Waals surface area contributed by atoms with Crippen molar-refractivity contribution < 1.29 is 14.2 Å². The molecule has 29 heavy (non-hydrogen) atoms. The van der Waals surface area contributed by atoms with Crippen LogP contribution in [0.2, 0.25) is 0 Å². The Morgan fingerprint density at radius 3 is 2.55 bits per heavy atom. The first-order valence-electron chi connectivity index (χ1n) is 8.94. The molecule has 0 aliphatic heterocycles. The Hall–Kier alpha value is -4.07. The Balaban J connectivity index is 1.72. The van der Waals surface area contributed by atoms with Gasteiger partial charge in [-0.3, -0.25) is 10.1 Å². The zero-order valence-corrected chi connectivity index (χ0v) is 15.5. The molecule has 0 aliphatic rings. The predicted molar refractivity (Wildman–Crippen MR) is 106 cm³/mol. The van der Waals surface area contributed by atoms with Crippen molar-refractivity contribution in [1.29, 1.82) is 0 Å². The van der Waals surface area contributed by atoms with Gasteiger partial charge in [-0.05, 0) is 25.1 Å². The van der Waals surface area contributed by atoms with Crippen LogP contribution in [0.25, 0.3) is 34.1 Å². The van der Waals surface area contributed by atoms with Gasteiger partial charge < -0.3 is 9.26 Å². The molecule has 0 fully saturated rings. The van der Waals surface area contributed by atoms with Gasteiger partial charge in [-0.15, -0.1) is 0 Å². The van der Waals surface area contributed by atoms with Crippen LogP contribution in [0.1, 0.15) is 6.92 Å². The number of hydrogen-bond acceptors (Lipinski definition) is 7. The third kappa shape index (κ3) is 3.81. The summed E-state index contributed by atoms with van der Waals surface area (Å²) in [4.78, 5) is 19.5. The second kappa shape index (κ2) is 7.89. The van der Waals surface area contributed by atoms with Crippen molar-refractivity contribution >= 4 is 5.69 Å². The standard InChI is InChI=1S/C21H16N4O4/c1-2-28-21-17(11-12-18(22-21)14-7-4-3-5-8-14)19-23-20(29-24-19)15-9-6-10-16(13-15)25(26)27/h3-13H,2H2,1H3. The number of hydrogen-bond donors (Lipinski definition) is 0. The predicted octanol–water partition coefficient (Wildman–Crippen LogP) is 4.77. The van der Waals surface area contributed by atoms with E-state index in [9.17, 15) is 10.1 Å². The minimum absolute atomic E-state index is 0.0499. The van der Waals surface area contributed by atoms with Crippen LogP contribution >= 0.6 is 0 Å². The highest BCUT2D eigenvalue weighted by molar-refractivity contribution is 5.69. The lowest BCUT2D eigenvalue weighted by Gasteiger charge is -2.09. The number of ether oxygens (including phenoxy) is 1. The van der Waals surface area contributed by atoms with Crippen LogP contribution in [0.3, 0.4) is 0 Å². The van der Waals surface area contributed by atoms with Gasteiger partial charge in [0.2, 0.25) is 11.7 Å². The second-order valence-corrected chi connectivity index (χ2v) is 6.08. The second-order valence-electron chi connectivity index (χ2n) is 6.08. The van der Waals surface area contributed by atoms with Gasteiger partial charge in [0.05, 0.1) is 22.8 Å². The quantitative estimate of drug-likeness (QED) is 0.346. The van der Waals surface area contributed by atoms with E-state index in [0.717, 1.165) is 11.3 Å². The Morgan fingerprint density at radius 1 is 1.00 bits per heavy atom. The van der Waals surface area contributed by atoms with Crippen LogP contribution < -0.4 is 4.74 Å². The van der Waals surface area contributed by atoms with E-state index in [1.165, 1.54) is 12.1 Å². The summed E-state index contributed by atoms with van der Waals surface area (Å²) in [6.45, 7) is 2.29. The molecule has 0 aliphatic carbocycles. The maximum absolute atomic E-state index is 11.0. The van der Waals surface area contributed by atoms with Gasteiger partial charge in [0.25, 0.3) is 11.6 Å². The molecule has 0 atom stereocenters. The Kier molecular flexibility index (Phi) is 4.98. The first-order chi connectivity index (χ1) is 14.2. The summed E-state index contributed by atoms with van der Waals surface area (Å²) in [5.74, 6) is 0.862. The zero-order chi connectivity index (χ0) is 20.2. The maximum Gasteiger partial charge on any atom is 0.270 e. The van der Waals surface area contributed by atoms with Crippen LogP contribution in [0.4, 0.5) is 5.69 Å². The van der Waals surface area contributed by atoms with E-state index in [1.54, 1.807) is 12.1 Å². The van der Waals surface area contributed by atoms with Crippen LogP contribution in [0, 0.1) is 10.1 Å². The maximum atomic E-state index is 11.0. The average Bonchev–Trinajstić information content (AvgIpc) is 3.25. The highest BCUT2D eigenvalue weighted by Gasteiger charge is 2.18. The van der Waals surface area contributed by atoms with E-state index in [1.807, 2.05) is 49.4 Å². The number of rotatable bonds is 6. The fraction of sp³-hybridized carbons (Fsp3) is 0.0952. The molecule has 4 aromatic rings. The fourth-order valence-corrected chi connectivity index (χ4v) is 2.83. The Morgan fingerprint density at radius 2 is 1.79 bits per heavy atom. The minimum atomic E-state index is -0.472. The van der Waals surface area contributed by atoms with Gasteiger partial charge in [-0.1, -0.05) is 41.6 Å². The monoisotopic (exact) mass is 388 g/mol. The normalized spacial score (nSPS) is 10.7. The van der Waals surface area contributed by atoms with E-state index in [-0.39, 0.29) is 11.6 Å². The molecule has 0 saturated heterocycles. The van der Waals surface area contributed by atoms with Crippen LogP contribution in [-0.2, 0) is 0 Å². The molecule has 4 rings (SSSR count). The van der Waals surface area contributed by atoms with Crippen LogP contribution in [0.15, 0.2) is 71.3 Å². The van der Waals surface area contributed by atoms with Gasteiger partial charge in [0.15, 0.2) is 0 Å². The molecule has 0 N–H and O–H groups in total. The lowest BCUT2D eigenvalue weighted by atomic mass is 10.1. The van der Waals surface area contributed by atoms with Crippen LogP contribution in [-0.4, -0.2) is 26.7 Å². The number of nitro groups is 1. The molecule has 8 nitrogen and oxygen atoms in total. The molecule has 0 unspecified atom stereocenters. The molecule has 144 valence electrons. The summed E-state index contributed by atoms with van der Waals surface area (Å²) in [5.41, 5.74) is 2.72. The SMILES string of the molecule is CCOc1nc(-c2ccccc2)ccc1-c1noc(-c2cccc([N+](=O)[O-])c2)n1. The number of benzene rings is 2. The van der Waals surface area contributed by atoms with E-state index >= 15 is 0 Å². The van der Waals surface area contributed by atoms with Gasteiger partial charge >= 0.3 is 0 Å². The van der Waals surface area contributed by atoms with E-state index < -0.39 is 4.92 Å². The Bertz CT molecular complexity index is 1160. The van der Waals surface area contributed by atoms with Crippen molar-refractivity contribution in [3.63, 3.8) is 0 Å². The molecule has 0 spiro atoms. The summed E-state index contributed by atoms with van der Waals surface area (Å²) in [5, 5.41) is 15.0. The lowest BCUT2D eigenvalue weighted by molar-refractivity contribution is -0.384. The third-order valence-electron chi connectivity index (χ3n) is 4.18. The number of nitro benzene ring substituents is 1. The molecule has 2 aromatic heterocycles.